The highest BCUT2D eigenvalue weighted by Crippen LogP contribution is 2.45. The van der Waals surface area contributed by atoms with Crippen molar-refractivity contribution in [3.05, 3.63) is 34.9 Å². The number of nitrogens with zero attached hydrogens (tertiary/aromatic N) is 1. The lowest BCUT2D eigenvalue weighted by Gasteiger charge is -2.43. The Bertz CT molecular complexity index is 572. The largest absolute Gasteiger partial charge is 0.393 e. The SMILES string of the molecule is C[C@@H](O)[C@@H]1CCN(C(=O)NCC2(c3ccccc3Cl)CCC2)C1. The van der Waals surface area contributed by atoms with E-state index < -0.39 is 0 Å². The molecule has 5 heteroatoms. The van der Waals surface area contributed by atoms with Crippen LogP contribution >= 0.6 is 11.6 Å². The number of rotatable bonds is 4. The van der Waals surface area contributed by atoms with Crippen molar-refractivity contribution in [3.63, 3.8) is 0 Å². The highest BCUT2D eigenvalue weighted by molar-refractivity contribution is 6.31. The van der Waals surface area contributed by atoms with Gasteiger partial charge in [-0.3, -0.25) is 0 Å². The van der Waals surface area contributed by atoms with E-state index in [0.29, 0.717) is 13.1 Å². The summed E-state index contributed by atoms with van der Waals surface area (Å²) in [5.74, 6) is 0.196. The fourth-order valence-corrected chi connectivity index (χ4v) is 4.09. The second kappa shape index (κ2) is 6.70. The molecule has 2 N–H and O–H groups in total. The second-order valence-electron chi connectivity index (χ2n) is 7.01. The van der Waals surface area contributed by atoms with Crippen LogP contribution in [0.15, 0.2) is 24.3 Å². The standard InChI is InChI=1S/C18H25ClN2O2/c1-13(22)14-7-10-21(11-14)17(23)20-12-18(8-4-9-18)15-5-2-3-6-16(15)19/h2-3,5-6,13-14,22H,4,7-12H2,1H3,(H,20,23)/t13-,14-/m1/s1. The van der Waals surface area contributed by atoms with Crippen LogP contribution in [0.25, 0.3) is 0 Å². The minimum Gasteiger partial charge on any atom is -0.393 e. The van der Waals surface area contributed by atoms with Gasteiger partial charge in [-0.1, -0.05) is 36.2 Å². The zero-order valence-corrected chi connectivity index (χ0v) is 14.4. The maximum Gasteiger partial charge on any atom is 0.317 e. The molecule has 0 radical (unpaired) electrons. The number of hydrogen-bond acceptors (Lipinski definition) is 2. The molecule has 1 heterocycles. The molecule has 126 valence electrons. The van der Waals surface area contributed by atoms with Gasteiger partial charge in [-0.2, -0.15) is 0 Å². The van der Waals surface area contributed by atoms with E-state index in [9.17, 15) is 9.90 Å². The predicted octanol–water partition coefficient (Wildman–Crippen LogP) is 3.17. The van der Waals surface area contributed by atoms with Gasteiger partial charge in [0.1, 0.15) is 0 Å². The number of urea groups is 1. The highest BCUT2D eigenvalue weighted by atomic mass is 35.5. The summed E-state index contributed by atoms with van der Waals surface area (Å²) >= 11 is 6.37. The Kier molecular flexibility index (Phi) is 4.83. The molecule has 4 nitrogen and oxygen atoms in total. The van der Waals surface area contributed by atoms with Gasteiger partial charge in [0.25, 0.3) is 0 Å². The molecule has 0 unspecified atom stereocenters. The van der Waals surface area contributed by atoms with Gasteiger partial charge in [0.2, 0.25) is 0 Å². The van der Waals surface area contributed by atoms with E-state index in [1.54, 1.807) is 6.92 Å². The van der Waals surface area contributed by atoms with Crippen LogP contribution in [-0.4, -0.2) is 41.8 Å². The first-order chi connectivity index (χ1) is 11.0. The highest BCUT2D eigenvalue weighted by Gasteiger charge is 2.40. The van der Waals surface area contributed by atoms with Crippen LogP contribution in [0.5, 0.6) is 0 Å². The van der Waals surface area contributed by atoms with Crippen molar-refractivity contribution >= 4 is 17.6 Å². The number of halogens is 1. The third kappa shape index (κ3) is 3.33. The molecular formula is C18H25ClN2O2. The molecule has 1 aromatic carbocycles. The number of likely N-dealkylation sites (tertiary alicyclic amines) is 1. The Morgan fingerprint density at radius 1 is 1.48 bits per heavy atom. The molecule has 2 fully saturated rings. The van der Waals surface area contributed by atoms with Crippen molar-refractivity contribution < 1.29 is 9.90 Å². The van der Waals surface area contributed by atoms with Crippen LogP contribution in [0.1, 0.15) is 38.2 Å². The molecule has 1 aliphatic carbocycles. The van der Waals surface area contributed by atoms with Crippen LogP contribution < -0.4 is 5.32 Å². The number of aliphatic hydroxyl groups excluding tert-OH is 1. The molecule has 1 aromatic rings. The first-order valence-corrected chi connectivity index (χ1v) is 8.85. The van der Waals surface area contributed by atoms with Crippen molar-refractivity contribution in [2.45, 2.75) is 44.1 Å². The number of amides is 2. The summed E-state index contributed by atoms with van der Waals surface area (Å²) in [6.45, 7) is 3.79. The van der Waals surface area contributed by atoms with Gasteiger partial charge >= 0.3 is 6.03 Å². The van der Waals surface area contributed by atoms with E-state index in [0.717, 1.165) is 36.4 Å². The van der Waals surface area contributed by atoms with Crippen molar-refractivity contribution in [2.24, 2.45) is 5.92 Å². The number of hydrogen-bond donors (Lipinski definition) is 2. The zero-order valence-electron chi connectivity index (χ0n) is 13.6. The number of aliphatic hydroxyl groups is 1. The molecule has 3 rings (SSSR count). The molecule has 1 aliphatic heterocycles. The Labute approximate surface area is 142 Å². The number of carbonyl (C=O) groups is 1. The summed E-state index contributed by atoms with van der Waals surface area (Å²) in [6.07, 6.45) is 3.82. The molecule has 0 spiro atoms. The first kappa shape index (κ1) is 16.6. The number of benzene rings is 1. The van der Waals surface area contributed by atoms with Crippen molar-refractivity contribution in [3.8, 4) is 0 Å². The average Bonchev–Trinajstić information content (AvgIpc) is 2.97. The zero-order chi connectivity index (χ0) is 16.4. The van der Waals surface area contributed by atoms with Crippen LogP contribution in [0, 0.1) is 5.92 Å². The number of carbonyl (C=O) groups excluding carboxylic acids is 1. The fraction of sp³-hybridized carbons (Fsp3) is 0.611. The quantitative estimate of drug-likeness (QED) is 0.887. The van der Waals surface area contributed by atoms with Crippen LogP contribution in [-0.2, 0) is 5.41 Å². The average molecular weight is 337 g/mol. The van der Waals surface area contributed by atoms with E-state index in [-0.39, 0.29) is 23.5 Å². The van der Waals surface area contributed by atoms with E-state index >= 15 is 0 Å². The van der Waals surface area contributed by atoms with Gasteiger partial charge in [-0.15, -0.1) is 0 Å². The Balaban J connectivity index is 1.61. The maximum atomic E-state index is 12.4. The van der Waals surface area contributed by atoms with Crippen molar-refractivity contribution in [2.75, 3.05) is 19.6 Å². The molecule has 0 aromatic heterocycles. The monoisotopic (exact) mass is 336 g/mol. The van der Waals surface area contributed by atoms with Gasteiger partial charge < -0.3 is 15.3 Å². The van der Waals surface area contributed by atoms with Gasteiger partial charge in [0, 0.05) is 36.0 Å². The Morgan fingerprint density at radius 3 is 2.78 bits per heavy atom. The molecule has 1 saturated heterocycles. The van der Waals surface area contributed by atoms with Crippen LogP contribution in [0.3, 0.4) is 0 Å². The lowest BCUT2D eigenvalue weighted by atomic mass is 9.64. The minimum atomic E-state index is -0.353. The molecular weight excluding hydrogens is 312 g/mol. The van der Waals surface area contributed by atoms with Gasteiger partial charge in [-0.05, 0) is 37.8 Å². The molecule has 2 atom stereocenters. The summed E-state index contributed by atoms with van der Waals surface area (Å²) in [5, 5.41) is 13.6. The topological polar surface area (TPSA) is 52.6 Å². The van der Waals surface area contributed by atoms with Gasteiger partial charge in [0.05, 0.1) is 6.10 Å². The van der Waals surface area contributed by atoms with Crippen LogP contribution in [0.4, 0.5) is 4.79 Å². The maximum absolute atomic E-state index is 12.4. The molecule has 23 heavy (non-hydrogen) atoms. The summed E-state index contributed by atoms with van der Waals surface area (Å²) in [6, 6.07) is 7.93. The summed E-state index contributed by atoms with van der Waals surface area (Å²) in [5.41, 5.74) is 1.13. The van der Waals surface area contributed by atoms with Gasteiger partial charge in [0.15, 0.2) is 0 Å². The number of nitrogens with one attached hydrogen (secondary N) is 1. The normalized spacial score (nSPS) is 24.1. The third-order valence-electron chi connectivity index (χ3n) is 5.53. The van der Waals surface area contributed by atoms with E-state index in [4.69, 9.17) is 11.6 Å². The summed E-state index contributed by atoms with van der Waals surface area (Å²) in [4.78, 5) is 14.2. The minimum absolute atomic E-state index is 0.0165. The van der Waals surface area contributed by atoms with Crippen LogP contribution in [0.2, 0.25) is 5.02 Å². The fourth-order valence-electron chi connectivity index (χ4n) is 3.76. The Hall–Kier alpha value is -1.26. The summed E-state index contributed by atoms with van der Waals surface area (Å²) < 4.78 is 0. The van der Waals surface area contributed by atoms with E-state index in [2.05, 4.69) is 11.4 Å². The molecule has 2 amide bonds. The van der Waals surface area contributed by atoms with E-state index in [1.807, 2.05) is 23.1 Å². The van der Waals surface area contributed by atoms with E-state index in [1.165, 1.54) is 6.42 Å². The predicted molar refractivity (Wildman–Crippen MR) is 91.7 cm³/mol. The third-order valence-corrected chi connectivity index (χ3v) is 5.86. The van der Waals surface area contributed by atoms with Gasteiger partial charge in [-0.25, -0.2) is 4.79 Å². The van der Waals surface area contributed by atoms with Crippen molar-refractivity contribution in [1.29, 1.82) is 0 Å². The first-order valence-electron chi connectivity index (χ1n) is 8.48. The molecule has 0 bridgehead atoms. The molecule has 2 aliphatic rings. The second-order valence-corrected chi connectivity index (χ2v) is 7.42. The lowest BCUT2D eigenvalue weighted by Crippen LogP contribution is -2.49. The lowest BCUT2D eigenvalue weighted by molar-refractivity contribution is 0.128. The molecule has 1 saturated carbocycles. The summed E-state index contributed by atoms with van der Waals surface area (Å²) in [7, 11) is 0. The van der Waals surface area contributed by atoms with Crippen molar-refractivity contribution in [1.82, 2.24) is 10.2 Å². The Morgan fingerprint density at radius 2 is 2.22 bits per heavy atom. The smallest absolute Gasteiger partial charge is 0.317 e.